The Labute approximate surface area is 241 Å². The van der Waals surface area contributed by atoms with Crippen molar-refractivity contribution >= 4 is 20.8 Å². The molecule has 0 aromatic heterocycles. The standard InChI is InChI=1S/C21H38O19S2/c1-7-10(5-34-21-17(27)19(40-42(31,32)33)14(24)9(3)38-21)18(39-41(28,29)30)16(26)20(37-7)35-6-11-13(23)8(2)36-12(4-22)15(11)25/h7-27H,4-6H2,1-3H3,(H,28,29,30)(H,31,32,33)/t7?,8?,9?,10-,11?,12?,13?,14-,15-,16?,17?,18?,19?,20-,21-/m1/s1. The first kappa shape index (κ1) is 35.8. The summed E-state index contributed by atoms with van der Waals surface area (Å²) in [4.78, 5) is 0. The molecule has 15 atom stereocenters. The number of hydrogen-bond acceptors (Lipinski definition) is 17. The van der Waals surface area contributed by atoms with Crippen LogP contribution in [0.3, 0.4) is 0 Å². The highest BCUT2D eigenvalue weighted by atomic mass is 32.3. The van der Waals surface area contributed by atoms with Crippen molar-refractivity contribution in [3.8, 4) is 0 Å². The summed E-state index contributed by atoms with van der Waals surface area (Å²) in [6.07, 6.45) is -19.3. The molecular weight excluding hydrogens is 620 g/mol. The minimum absolute atomic E-state index is 0.446. The van der Waals surface area contributed by atoms with Gasteiger partial charge in [-0.15, -0.1) is 0 Å². The van der Waals surface area contributed by atoms with Gasteiger partial charge in [0.15, 0.2) is 12.6 Å². The summed E-state index contributed by atoms with van der Waals surface area (Å²) in [6.45, 7) is 2.57. The van der Waals surface area contributed by atoms with E-state index in [9.17, 15) is 52.0 Å². The van der Waals surface area contributed by atoms with Gasteiger partial charge < -0.3 is 54.3 Å². The molecule has 3 aliphatic rings. The first-order valence-corrected chi connectivity index (χ1v) is 15.6. The van der Waals surface area contributed by atoms with Crippen molar-refractivity contribution in [3.63, 3.8) is 0 Å². The molecule has 3 saturated heterocycles. The van der Waals surface area contributed by atoms with Crippen LogP contribution in [-0.2, 0) is 52.8 Å². The van der Waals surface area contributed by atoms with Gasteiger partial charge in [0.05, 0.1) is 50.3 Å². The second-order valence-corrected chi connectivity index (χ2v) is 12.5. The molecule has 10 unspecified atom stereocenters. The second-order valence-electron chi connectivity index (χ2n) is 10.4. The molecule has 8 N–H and O–H groups in total. The lowest BCUT2D eigenvalue weighted by Gasteiger charge is -2.45. The predicted molar refractivity (Wildman–Crippen MR) is 132 cm³/mol. The van der Waals surface area contributed by atoms with Crippen LogP contribution in [0.15, 0.2) is 0 Å². The van der Waals surface area contributed by atoms with Crippen LogP contribution in [0.25, 0.3) is 0 Å². The summed E-state index contributed by atoms with van der Waals surface area (Å²) in [5.74, 6) is -2.24. The molecule has 3 heterocycles. The average Bonchev–Trinajstić information content (AvgIpc) is 2.87. The third kappa shape index (κ3) is 8.72. The quantitative estimate of drug-likeness (QED) is 0.0974. The van der Waals surface area contributed by atoms with E-state index in [0.717, 1.165) is 0 Å². The second kappa shape index (κ2) is 14.2. The van der Waals surface area contributed by atoms with E-state index in [1.807, 2.05) is 0 Å². The maximum atomic E-state index is 11.6. The van der Waals surface area contributed by atoms with Gasteiger partial charge in [-0.2, -0.15) is 16.8 Å². The van der Waals surface area contributed by atoms with Crippen molar-refractivity contribution < 1.29 is 88.6 Å². The van der Waals surface area contributed by atoms with Crippen LogP contribution >= 0.6 is 0 Å². The van der Waals surface area contributed by atoms with Gasteiger partial charge >= 0.3 is 20.8 Å². The van der Waals surface area contributed by atoms with Crippen molar-refractivity contribution in [2.45, 2.75) is 100 Å². The first-order chi connectivity index (χ1) is 19.3. The van der Waals surface area contributed by atoms with Gasteiger partial charge in [0, 0.05) is 11.8 Å². The van der Waals surface area contributed by atoms with Gasteiger partial charge in [0.2, 0.25) is 0 Å². The molecule has 248 valence electrons. The van der Waals surface area contributed by atoms with E-state index in [1.165, 1.54) is 20.8 Å². The molecule has 0 spiro atoms. The zero-order chi connectivity index (χ0) is 31.7. The summed E-state index contributed by atoms with van der Waals surface area (Å²) in [6, 6.07) is 0. The molecule has 0 amide bonds. The summed E-state index contributed by atoms with van der Waals surface area (Å²) < 4.78 is 100. The van der Waals surface area contributed by atoms with Crippen molar-refractivity contribution in [1.82, 2.24) is 0 Å². The Morgan fingerprint density at radius 1 is 0.595 bits per heavy atom. The molecule has 0 bridgehead atoms. The van der Waals surface area contributed by atoms with Gasteiger partial charge in [-0.05, 0) is 20.8 Å². The molecule has 0 radical (unpaired) electrons. The molecule has 19 nitrogen and oxygen atoms in total. The summed E-state index contributed by atoms with van der Waals surface area (Å²) >= 11 is 0. The van der Waals surface area contributed by atoms with E-state index < -0.39 is 132 Å². The van der Waals surface area contributed by atoms with Crippen molar-refractivity contribution in [2.24, 2.45) is 11.8 Å². The van der Waals surface area contributed by atoms with Gasteiger partial charge in [-0.3, -0.25) is 9.11 Å². The molecule has 21 heteroatoms. The number of aliphatic hydroxyl groups excluding tert-OH is 6. The van der Waals surface area contributed by atoms with E-state index >= 15 is 0 Å². The third-order valence-corrected chi connectivity index (χ3v) is 8.38. The van der Waals surface area contributed by atoms with Crippen LogP contribution in [0.2, 0.25) is 0 Å². The van der Waals surface area contributed by atoms with Gasteiger partial charge in [-0.25, -0.2) is 8.37 Å². The molecule has 0 aliphatic carbocycles. The summed E-state index contributed by atoms with van der Waals surface area (Å²) in [7, 11) is -10.3. The van der Waals surface area contributed by atoms with Gasteiger partial charge in [0.1, 0.15) is 36.6 Å². The largest absolute Gasteiger partial charge is 0.397 e. The Morgan fingerprint density at radius 3 is 1.57 bits per heavy atom. The summed E-state index contributed by atoms with van der Waals surface area (Å²) in [5.41, 5.74) is 0. The normalized spacial score (nSPS) is 45.5. The van der Waals surface area contributed by atoms with Crippen LogP contribution in [0.4, 0.5) is 0 Å². The number of hydrogen-bond donors (Lipinski definition) is 8. The van der Waals surface area contributed by atoms with Crippen molar-refractivity contribution in [2.75, 3.05) is 19.8 Å². The zero-order valence-corrected chi connectivity index (χ0v) is 24.3. The fraction of sp³-hybridized carbons (Fsp3) is 1.00. The molecule has 3 rings (SSSR count). The zero-order valence-electron chi connectivity index (χ0n) is 22.7. The maximum absolute atomic E-state index is 11.6. The van der Waals surface area contributed by atoms with Gasteiger partial charge in [-0.1, -0.05) is 0 Å². The highest BCUT2D eigenvalue weighted by Crippen LogP contribution is 2.34. The first-order valence-electron chi connectivity index (χ1n) is 12.9. The van der Waals surface area contributed by atoms with Crippen molar-refractivity contribution in [1.29, 1.82) is 0 Å². The number of ether oxygens (including phenoxy) is 5. The summed E-state index contributed by atoms with van der Waals surface area (Å²) in [5, 5.41) is 61.8. The monoisotopic (exact) mass is 658 g/mol. The molecule has 0 saturated carbocycles. The van der Waals surface area contributed by atoms with E-state index in [2.05, 4.69) is 8.37 Å². The Balaban J connectivity index is 1.73. The maximum Gasteiger partial charge on any atom is 0.397 e. The van der Waals surface area contributed by atoms with Crippen LogP contribution in [0.1, 0.15) is 20.8 Å². The molecule has 0 aromatic rings. The smallest absolute Gasteiger partial charge is 0.394 e. The molecule has 42 heavy (non-hydrogen) atoms. The van der Waals surface area contributed by atoms with Crippen molar-refractivity contribution in [3.05, 3.63) is 0 Å². The van der Waals surface area contributed by atoms with E-state index in [1.54, 1.807) is 0 Å². The molecular formula is C21H38O19S2. The molecule has 0 aromatic carbocycles. The fourth-order valence-electron chi connectivity index (χ4n) is 5.12. The van der Waals surface area contributed by atoms with E-state index in [4.69, 9.17) is 28.2 Å². The minimum atomic E-state index is -5.19. The van der Waals surface area contributed by atoms with E-state index in [-0.39, 0.29) is 0 Å². The highest BCUT2D eigenvalue weighted by molar-refractivity contribution is 7.81. The van der Waals surface area contributed by atoms with Gasteiger partial charge in [0.25, 0.3) is 0 Å². The Hall–Kier alpha value is -0.700. The number of aliphatic hydroxyl groups is 6. The lowest BCUT2D eigenvalue weighted by Crippen LogP contribution is -2.61. The van der Waals surface area contributed by atoms with E-state index in [0.29, 0.717) is 0 Å². The Bertz CT molecular complexity index is 1090. The average molecular weight is 659 g/mol. The minimum Gasteiger partial charge on any atom is -0.394 e. The van der Waals surface area contributed by atoms with Crippen LogP contribution < -0.4 is 0 Å². The Morgan fingerprint density at radius 2 is 1.05 bits per heavy atom. The lowest BCUT2D eigenvalue weighted by molar-refractivity contribution is -0.315. The van der Waals surface area contributed by atoms with Crippen LogP contribution in [0.5, 0.6) is 0 Å². The fourth-order valence-corrected chi connectivity index (χ4v) is 6.16. The topological polar surface area (TPSA) is 295 Å². The molecule has 3 aliphatic heterocycles. The predicted octanol–water partition coefficient (Wildman–Crippen LogP) is -4.30. The van der Waals surface area contributed by atoms with Crippen LogP contribution in [-0.4, -0.2) is 156 Å². The lowest BCUT2D eigenvalue weighted by atomic mass is 9.87. The number of rotatable bonds is 11. The molecule has 3 fully saturated rings. The SMILES string of the molecule is CC1OC(CO)[C@H](O)C(CO[C@@H]2OC(C)[C@@H](CO[C@@H]3OC(C)[C@@H](O)C(OS(=O)(=O)O)C3O)C(OS(=O)(=O)O)C2O)C1O. The third-order valence-electron chi connectivity index (χ3n) is 7.45. The highest BCUT2D eigenvalue weighted by Gasteiger charge is 2.51. The Kier molecular flexibility index (Phi) is 12.1. The van der Waals surface area contributed by atoms with Crippen LogP contribution in [0, 0.1) is 11.8 Å².